The van der Waals surface area contributed by atoms with Crippen molar-refractivity contribution >= 4 is 23.8 Å². The summed E-state index contributed by atoms with van der Waals surface area (Å²) in [5, 5.41) is 0. The molecule has 0 aromatic carbocycles. The molecule has 0 bridgehead atoms. The number of anilines is 1. The van der Waals surface area contributed by atoms with Crippen LogP contribution in [0.4, 0.5) is 5.82 Å². The molecule has 4 rings (SSSR count). The first-order valence-corrected chi connectivity index (χ1v) is 8.56. The molecule has 0 unspecified atom stereocenters. The van der Waals surface area contributed by atoms with Gasteiger partial charge in [0.2, 0.25) is 6.41 Å². The van der Waals surface area contributed by atoms with Gasteiger partial charge >= 0.3 is 0 Å². The van der Waals surface area contributed by atoms with Crippen LogP contribution in [0.3, 0.4) is 0 Å². The van der Waals surface area contributed by atoms with Gasteiger partial charge in [-0.15, -0.1) is 0 Å². The minimum atomic E-state index is -0.615. The summed E-state index contributed by atoms with van der Waals surface area (Å²) < 4.78 is 1.70. The summed E-state index contributed by atoms with van der Waals surface area (Å²) >= 11 is 0. The van der Waals surface area contributed by atoms with Gasteiger partial charge in [0.15, 0.2) is 11.5 Å². The summed E-state index contributed by atoms with van der Waals surface area (Å²) in [5.41, 5.74) is 6.67. The number of nitrogens with two attached hydrogens (primary N) is 1. The molecule has 0 aliphatic carbocycles. The zero-order chi connectivity index (χ0) is 18.8. The summed E-state index contributed by atoms with van der Waals surface area (Å²) in [4.78, 5) is 43.6. The minimum Gasteiger partial charge on any atom is -0.364 e. The number of primary amides is 1. The van der Waals surface area contributed by atoms with Crippen molar-refractivity contribution in [3.8, 4) is 11.5 Å². The van der Waals surface area contributed by atoms with E-state index in [1.807, 2.05) is 6.07 Å². The van der Waals surface area contributed by atoms with E-state index in [2.05, 4.69) is 24.8 Å². The summed E-state index contributed by atoms with van der Waals surface area (Å²) in [7, 11) is 0. The van der Waals surface area contributed by atoms with Crippen LogP contribution in [0, 0.1) is 0 Å². The van der Waals surface area contributed by atoms with Gasteiger partial charge in [-0.25, -0.2) is 19.9 Å². The van der Waals surface area contributed by atoms with Crippen molar-refractivity contribution in [3.63, 3.8) is 0 Å². The average molecular weight is 366 g/mol. The van der Waals surface area contributed by atoms with Crippen LogP contribution < -0.4 is 10.6 Å². The third kappa shape index (κ3) is 3.28. The van der Waals surface area contributed by atoms with Crippen molar-refractivity contribution in [2.45, 2.75) is 6.42 Å². The Bertz CT molecular complexity index is 1000. The lowest BCUT2D eigenvalue weighted by Crippen LogP contribution is -2.30. The van der Waals surface area contributed by atoms with Gasteiger partial charge in [-0.2, -0.15) is 0 Å². The first-order chi connectivity index (χ1) is 13.2. The van der Waals surface area contributed by atoms with Gasteiger partial charge in [-0.3, -0.25) is 14.0 Å². The Hall–Kier alpha value is -3.56. The zero-order valence-corrected chi connectivity index (χ0v) is 14.5. The molecular weight excluding hydrogens is 348 g/mol. The van der Waals surface area contributed by atoms with E-state index < -0.39 is 5.91 Å². The van der Waals surface area contributed by atoms with E-state index in [1.165, 1.54) is 12.4 Å². The molecule has 27 heavy (non-hydrogen) atoms. The zero-order valence-electron chi connectivity index (χ0n) is 14.5. The quantitative estimate of drug-likeness (QED) is 0.642. The highest BCUT2D eigenvalue weighted by Gasteiger charge is 2.17. The molecule has 2 N–H and O–H groups in total. The van der Waals surface area contributed by atoms with Crippen LogP contribution in [0.2, 0.25) is 0 Å². The average Bonchev–Trinajstić information content (AvgIpc) is 2.96. The lowest BCUT2D eigenvalue weighted by molar-refractivity contribution is -0.117. The Labute approximate surface area is 154 Å². The number of rotatable bonds is 4. The first-order valence-electron chi connectivity index (χ1n) is 8.56. The molecule has 0 saturated carbocycles. The van der Waals surface area contributed by atoms with Gasteiger partial charge in [-0.1, -0.05) is 0 Å². The Morgan fingerprint density at radius 1 is 1.11 bits per heavy atom. The molecule has 4 heterocycles. The van der Waals surface area contributed by atoms with Crippen molar-refractivity contribution in [3.05, 3.63) is 36.5 Å². The van der Waals surface area contributed by atoms with Crippen LogP contribution in [0.15, 0.2) is 30.9 Å². The maximum Gasteiger partial charge on any atom is 0.268 e. The Morgan fingerprint density at radius 2 is 2.00 bits per heavy atom. The smallest absolute Gasteiger partial charge is 0.268 e. The fourth-order valence-electron chi connectivity index (χ4n) is 3.10. The lowest BCUT2D eigenvalue weighted by Gasteiger charge is -2.21. The van der Waals surface area contributed by atoms with Gasteiger partial charge < -0.3 is 15.5 Å². The molecule has 1 fully saturated rings. The van der Waals surface area contributed by atoms with Crippen LogP contribution >= 0.6 is 0 Å². The van der Waals surface area contributed by atoms with Gasteiger partial charge in [0.1, 0.15) is 17.2 Å². The first kappa shape index (κ1) is 16.9. The number of hydrogen-bond donors (Lipinski definition) is 1. The molecule has 138 valence electrons. The molecule has 10 nitrogen and oxygen atoms in total. The van der Waals surface area contributed by atoms with Crippen molar-refractivity contribution in [1.82, 2.24) is 29.2 Å². The summed E-state index contributed by atoms with van der Waals surface area (Å²) in [6.07, 6.45) is 8.10. The van der Waals surface area contributed by atoms with E-state index in [9.17, 15) is 9.59 Å². The fraction of sp³-hybridized carbons (Fsp3) is 0.294. The van der Waals surface area contributed by atoms with E-state index in [-0.39, 0.29) is 5.69 Å². The van der Waals surface area contributed by atoms with Crippen molar-refractivity contribution < 1.29 is 9.59 Å². The van der Waals surface area contributed by atoms with Gasteiger partial charge in [0.05, 0.1) is 12.4 Å². The van der Waals surface area contributed by atoms with Crippen molar-refractivity contribution in [2.75, 3.05) is 31.1 Å². The number of carbonyl (C=O) groups excluding carboxylic acids is 2. The van der Waals surface area contributed by atoms with E-state index in [4.69, 9.17) is 5.73 Å². The Kier molecular flexibility index (Phi) is 4.37. The highest BCUT2D eigenvalue weighted by molar-refractivity contribution is 5.90. The van der Waals surface area contributed by atoms with E-state index in [0.717, 1.165) is 31.7 Å². The molecule has 1 aliphatic heterocycles. The molecular formula is C17H18N8O2. The SMILES string of the molecule is NC(=O)c1cn2c(-c3nccc(N4CCCN(C=O)CC4)n3)cnc2cn1. The minimum absolute atomic E-state index is 0.138. The number of hydrogen-bond acceptors (Lipinski definition) is 7. The number of amides is 2. The fourth-order valence-corrected chi connectivity index (χ4v) is 3.10. The van der Waals surface area contributed by atoms with E-state index >= 15 is 0 Å². The molecule has 10 heteroatoms. The van der Waals surface area contributed by atoms with Crippen molar-refractivity contribution in [2.24, 2.45) is 5.73 Å². The molecule has 2 amide bonds. The normalized spacial score (nSPS) is 15.0. The second-order valence-corrected chi connectivity index (χ2v) is 6.23. The van der Waals surface area contributed by atoms with Crippen LogP contribution in [0.25, 0.3) is 17.2 Å². The molecule has 0 spiro atoms. The van der Waals surface area contributed by atoms with Crippen LogP contribution in [-0.2, 0) is 4.79 Å². The molecule has 0 radical (unpaired) electrons. The van der Waals surface area contributed by atoms with E-state index in [0.29, 0.717) is 30.3 Å². The van der Waals surface area contributed by atoms with E-state index in [1.54, 1.807) is 21.7 Å². The monoisotopic (exact) mass is 366 g/mol. The third-order valence-corrected chi connectivity index (χ3v) is 4.52. The molecule has 3 aromatic rings. The number of carbonyl (C=O) groups is 2. The Morgan fingerprint density at radius 3 is 2.81 bits per heavy atom. The number of fused-ring (bicyclic) bond motifs is 1. The van der Waals surface area contributed by atoms with Gasteiger partial charge in [0.25, 0.3) is 5.91 Å². The second kappa shape index (κ2) is 6.98. The summed E-state index contributed by atoms with van der Waals surface area (Å²) in [6.45, 7) is 2.92. The maximum atomic E-state index is 11.4. The number of nitrogens with zero attached hydrogens (tertiary/aromatic N) is 7. The van der Waals surface area contributed by atoms with Crippen LogP contribution in [-0.4, -0.2) is 67.7 Å². The standard InChI is InChI=1S/C17H18N8O2/c18-16(27)12-10-25-13(8-21-15(25)9-20-12)17-19-3-2-14(22-17)24-5-1-4-23(11-26)6-7-24/h2-3,8-11H,1,4-7H2,(H2,18,27). The number of imidazole rings is 1. The summed E-state index contributed by atoms with van der Waals surface area (Å²) in [5.74, 6) is 0.653. The molecule has 3 aromatic heterocycles. The van der Waals surface area contributed by atoms with Crippen LogP contribution in [0.5, 0.6) is 0 Å². The van der Waals surface area contributed by atoms with Crippen LogP contribution in [0.1, 0.15) is 16.9 Å². The van der Waals surface area contributed by atoms with Gasteiger partial charge in [0, 0.05) is 38.6 Å². The van der Waals surface area contributed by atoms with Crippen molar-refractivity contribution in [1.29, 1.82) is 0 Å². The lowest BCUT2D eigenvalue weighted by atomic mass is 10.3. The highest BCUT2D eigenvalue weighted by atomic mass is 16.1. The summed E-state index contributed by atoms with van der Waals surface area (Å²) in [6, 6.07) is 1.85. The molecule has 1 aliphatic rings. The maximum absolute atomic E-state index is 11.4. The predicted octanol–water partition coefficient (Wildman–Crippen LogP) is -0.0463. The van der Waals surface area contributed by atoms with Gasteiger partial charge in [-0.05, 0) is 12.5 Å². The third-order valence-electron chi connectivity index (χ3n) is 4.52. The molecule has 0 atom stereocenters. The highest BCUT2D eigenvalue weighted by Crippen LogP contribution is 2.20. The topological polar surface area (TPSA) is 123 Å². The Balaban J connectivity index is 1.68. The second-order valence-electron chi connectivity index (χ2n) is 6.23. The predicted molar refractivity (Wildman–Crippen MR) is 97.0 cm³/mol. The largest absolute Gasteiger partial charge is 0.364 e. The molecule has 1 saturated heterocycles. The number of aromatic nitrogens is 5.